The van der Waals surface area contributed by atoms with Crippen molar-refractivity contribution in [2.75, 3.05) is 17.0 Å². The van der Waals surface area contributed by atoms with Crippen molar-refractivity contribution < 1.29 is 4.92 Å². The third-order valence-corrected chi connectivity index (χ3v) is 4.54. The van der Waals surface area contributed by atoms with E-state index in [4.69, 9.17) is 5.84 Å². The highest BCUT2D eigenvalue weighted by molar-refractivity contribution is 7.99. The maximum absolute atomic E-state index is 11.1. The number of hydrazine groups is 1. The molecular formula is C11H18N6O2S. The Morgan fingerprint density at radius 2 is 2.20 bits per heavy atom. The highest BCUT2D eigenvalue weighted by Gasteiger charge is 2.27. The minimum atomic E-state index is -0.521. The Balaban J connectivity index is 2.18. The largest absolute Gasteiger partial charge is 0.361 e. The molecule has 1 saturated carbocycles. The molecule has 0 spiro atoms. The SMILES string of the molecule is CSC1CCCC(Nc2ncnc(NN)c2[N+](=O)[O-])C1. The van der Waals surface area contributed by atoms with Crippen LogP contribution in [0.3, 0.4) is 0 Å². The van der Waals surface area contributed by atoms with Crippen molar-refractivity contribution in [2.24, 2.45) is 5.84 Å². The zero-order chi connectivity index (χ0) is 14.5. The van der Waals surface area contributed by atoms with E-state index in [0.29, 0.717) is 5.25 Å². The van der Waals surface area contributed by atoms with Crippen molar-refractivity contribution in [3.63, 3.8) is 0 Å². The molecule has 0 radical (unpaired) electrons. The van der Waals surface area contributed by atoms with Crippen LogP contribution < -0.4 is 16.6 Å². The van der Waals surface area contributed by atoms with Gasteiger partial charge in [0.05, 0.1) is 4.92 Å². The summed E-state index contributed by atoms with van der Waals surface area (Å²) >= 11 is 1.84. The van der Waals surface area contributed by atoms with Gasteiger partial charge in [0, 0.05) is 11.3 Å². The van der Waals surface area contributed by atoms with E-state index in [1.807, 2.05) is 11.8 Å². The lowest BCUT2D eigenvalue weighted by Crippen LogP contribution is -2.29. The summed E-state index contributed by atoms with van der Waals surface area (Å²) in [7, 11) is 0. The number of nitrogens with two attached hydrogens (primary N) is 1. The van der Waals surface area contributed by atoms with Gasteiger partial charge in [0.1, 0.15) is 6.33 Å². The first-order chi connectivity index (χ1) is 9.65. The second kappa shape index (κ2) is 6.71. The maximum Gasteiger partial charge on any atom is 0.354 e. The number of nitrogen functional groups attached to an aromatic ring is 1. The van der Waals surface area contributed by atoms with Crippen LogP contribution in [0.5, 0.6) is 0 Å². The molecule has 9 heteroatoms. The van der Waals surface area contributed by atoms with Gasteiger partial charge in [0.25, 0.3) is 0 Å². The van der Waals surface area contributed by atoms with Crippen molar-refractivity contribution >= 4 is 29.1 Å². The predicted molar refractivity (Wildman–Crippen MR) is 79.7 cm³/mol. The van der Waals surface area contributed by atoms with Crippen molar-refractivity contribution in [2.45, 2.75) is 37.0 Å². The number of anilines is 2. The van der Waals surface area contributed by atoms with Crippen LogP contribution in [0.15, 0.2) is 6.33 Å². The molecule has 1 heterocycles. The maximum atomic E-state index is 11.1. The molecular weight excluding hydrogens is 280 g/mol. The van der Waals surface area contributed by atoms with Gasteiger partial charge in [-0.15, -0.1) is 0 Å². The summed E-state index contributed by atoms with van der Waals surface area (Å²) in [4.78, 5) is 18.4. The fourth-order valence-electron chi connectivity index (χ4n) is 2.45. The minimum Gasteiger partial charge on any atom is -0.361 e. The summed E-state index contributed by atoms with van der Waals surface area (Å²) in [5, 5.41) is 14.9. The van der Waals surface area contributed by atoms with Gasteiger partial charge < -0.3 is 10.7 Å². The molecule has 110 valence electrons. The molecule has 0 aliphatic heterocycles. The Labute approximate surface area is 121 Å². The molecule has 0 saturated heterocycles. The predicted octanol–water partition coefficient (Wildman–Crippen LogP) is 1.76. The van der Waals surface area contributed by atoms with Crippen LogP contribution in [0.1, 0.15) is 25.7 Å². The van der Waals surface area contributed by atoms with Crippen LogP contribution in [-0.2, 0) is 0 Å². The quantitative estimate of drug-likeness (QED) is 0.427. The second-order valence-electron chi connectivity index (χ2n) is 4.69. The lowest BCUT2D eigenvalue weighted by Gasteiger charge is -2.28. The number of aromatic nitrogens is 2. The van der Waals surface area contributed by atoms with Gasteiger partial charge in [-0.2, -0.15) is 11.8 Å². The van der Waals surface area contributed by atoms with Gasteiger partial charge >= 0.3 is 5.69 Å². The normalized spacial score (nSPS) is 22.3. The van der Waals surface area contributed by atoms with E-state index in [9.17, 15) is 10.1 Å². The zero-order valence-corrected chi connectivity index (χ0v) is 12.0. The van der Waals surface area contributed by atoms with E-state index in [-0.39, 0.29) is 23.4 Å². The molecule has 1 fully saturated rings. The molecule has 2 unspecified atom stereocenters. The van der Waals surface area contributed by atoms with Crippen LogP contribution in [0, 0.1) is 10.1 Å². The lowest BCUT2D eigenvalue weighted by molar-refractivity contribution is -0.383. The molecule has 1 aliphatic rings. The summed E-state index contributed by atoms with van der Waals surface area (Å²) in [5.41, 5.74) is 2.03. The highest BCUT2D eigenvalue weighted by atomic mass is 32.2. The number of hydrogen-bond acceptors (Lipinski definition) is 8. The number of rotatable bonds is 5. The van der Waals surface area contributed by atoms with Gasteiger partial charge in [-0.25, -0.2) is 15.8 Å². The van der Waals surface area contributed by atoms with E-state index in [1.54, 1.807) is 0 Å². The summed E-state index contributed by atoms with van der Waals surface area (Å²) in [6.45, 7) is 0. The Morgan fingerprint density at radius 1 is 1.45 bits per heavy atom. The van der Waals surface area contributed by atoms with Crippen LogP contribution in [0.25, 0.3) is 0 Å². The highest BCUT2D eigenvalue weighted by Crippen LogP contribution is 2.32. The second-order valence-corrected chi connectivity index (χ2v) is 5.82. The van der Waals surface area contributed by atoms with Crippen LogP contribution in [0.4, 0.5) is 17.3 Å². The molecule has 0 bridgehead atoms. The average Bonchev–Trinajstić information content (AvgIpc) is 2.46. The standard InChI is InChI=1S/C11H18N6O2S/c1-20-8-4-2-3-7(5-8)15-10-9(17(18)19)11(16-12)14-6-13-10/h6-8H,2-5,12H2,1H3,(H2,13,14,15,16). The monoisotopic (exact) mass is 298 g/mol. The van der Waals surface area contributed by atoms with E-state index in [1.165, 1.54) is 12.7 Å². The van der Waals surface area contributed by atoms with Gasteiger partial charge in [0.15, 0.2) is 0 Å². The summed E-state index contributed by atoms with van der Waals surface area (Å²) in [6.07, 6.45) is 7.64. The molecule has 2 rings (SSSR count). The number of hydrogen-bond donors (Lipinski definition) is 3. The zero-order valence-electron chi connectivity index (χ0n) is 11.2. The molecule has 1 aromatic rings. The molecule has 0 amide bonds. The molecule has 1 aromatic heterocycles. The molecule has 20 heavy (non-hydrogen) atoms. The van der Waals surface area contributed by atoms with E-state index in [2.05, 4.69) is 27.0 Å². The van der Waals surface area contributed by atoms with Crippen molar-refractivity contribution in [3.8, 4) is 0 Å². The van der Waals surface area contributed by atoms with Crippen molar-refractivity contribution in [1.29, 1.82) is 0 Å². The summed E-state index contributed by atoms with van der Waals surface area (Å²) < 4.78 is 0. The fraction of sp³-hybridized carbons (Fsp3) is 0.636. The van der Waals surface area contributed by atoms with Crippen molar-refractivity contribution in [1.82, 2.24) is 9.97 Å². The topological polar surface area (TPSA) is 119 Å². The molecule has 4 N–H and O–H groups in total. The number of thioether (sulfide) groups is 1. The molecule has 1 aliphatic carbocycles. The smallest absolute Gasteiger partial charge is 0.354 e. The van der Waals surface area contributed by atoms with E-state index in [0.717, 1.165) is 19.3 Å². The van der Waals surface area contributed by atoms with Crippen LogP contribution >= 0.6 is 11.8 Å². The molecule has 2 atom stereocenters. The molecule has 8 nitrogen and oxygen atoms in total. The Bertz CT molecular complexity index is 486. The van der Waals surface area contributed by atoms with Gasteiger partial charge in [-0.3, -0.25) is 10.1 Å². The van der Waals surface area contributed by atoms with Gasteiger partial charge in [-0.1, -0.05) is 6.42 Å². The number of nitro groups is 1. The Kier molecular flexibility index (Phi) is 4.96. The van der Waals surface area contributed by atoms with Crippen LogP contribution in [-0.4, -0.2) is 32.4 Å². The fourth-order valence-corrected chi connectivity index (χ4v) is 3.27. The van der Waals surface area contributed by atoms with Gasteiger partial charge in [0.2, 0.25) is 11.6 Å². The summed E-state index contributed by atoms with van der Waals surface area (Å²) in [5.74, 6) is 5.50. The number of nitrogens with one attached hydrogen (secondary N) is 2. The average molecular weight is 298 g/mol. The minimum absolute atomic E-state index is 0.0183. The van der Waals surface area contributed by atoms with Crippen LogP contribution in [0.2, 0.25) is 0 Å². The van der Waals surface area contributed by atoms with Gasteiger partial charge in [-0.05, 0) is 25.5 Å². The molecule has 0 aromatic carbocycles. The van der Waals surface area contributed by atoms with E-state index >= 15 is 0 Å². The first kappa shape index (κ1) is 14.8. The van der Waals surface area contributed by atoms with Crippen molar-refractivity contribution in [3.05, 3.63) is 16.4 Å². The Morgan fingerprint density at radius 3 is 2.85 bits per heavy atom. The number of nitrogens with zero attached hydrogens (tertiary/aromatic N) is 3. The Hall–Kier alpha value is -1.61. The first-order valence-corrected chi connectivity index (χ1v) is 7.69. The third-order valence-electron chi connectivity index (χ3n) is 3.44. The third kappa shape index (κ3) is 3.28. The van der Waals surface area contributed by atoms with E-state index < -0.39 is 4.92 Å². The first-order valence-electron chi connectivity index (χ1n) is 6.41. The summed E-state index contributed by atoms with van der Waals surface area (Å²) in [6, 6.07) is 0.195. The lowest BCUT2D eigenvalue weighted by atomic mass is 9.95.